The smallest absolute Gasteiger partial charge is 0.126 e. The van der Waals surface area contributed by atoms with Gasteiger partial charge in [-0.2, -0.15) is 0 Å². The minimum Gasteiger partial charge on any atom is -0.507 e. The van der Waals surface area contributed by atoms with Gasteiger partial charge < -0.3 is 20.3 Å². The van der Waals surface area contributed by atoms with Crippen LogP contribution in [0.15, 0.2) is 34.1 Å². The molecule has 1 heterocycles. The Labute approximate surface area is 265 Å². The molecule has 3 N–H and O–H groups in total. The fourth-order valence-electron chi connectivity index (χ4n) is 5.44. The molecule has 0 unspecified atom stereocenters. The Kier molecular flexibility index (Phi) is 10.8. The van der Waals surface area contributed by atoms with Gasteiger partial charge in [0.2, 0.25) is 0 Å². The number of hydrogen-bond acceptors (Lipinski definition) is 6. The number of phenolic OH excluding ortho intramolecular Hbond substituents is 1. The zero-order valence-corrected chi connectivity index (χ0v) is 30.0. The monoisotopic (exact) mass is 615 g/mol. The maximum absolute atomic E-state index is 11.4. The van der Waals surface area contributed by atoms with E-state index in [1.165, 1.54) is 20.9 Å². The van der Waals surface area contributed by atoms with Crippen molar-refractivity contribution in [2.75, 3.05) is 26.3 Å². The van der Waals surface area contributed by atoms with Gasteiger partial charge in [-0.15, -0.1) is 23.5 Å². The van der Waals surface area contributed by atoms with Gasteiger partial charge in [0.15, 0.2) is 0 Å². The van der Waals surface area contributed by atoms with E-state index in [2.05, 4.69) is 113 Å². The molecule has 1 saturated heterocycles. The van der Waals surface area contributed by atoms with Crippen molar-refractivity contribution in [2.45, 2.75) is 138 Å². The molecule has 236 valence electrons. The highest BCUT2D eigenvalue weighted by atomic mass is 32.2. The van der Waals surface area contributed by atoms with E-state index in [9.17, 15) is 10.2 Å². The number of aliphatic hydroxyl groups excluding tert-OH is 1. The molecular weight excluding hydrogens is 559 g/mol. The maximum atomic E-state index is 11.4. The Hall–Kier alpha value is -1.34. The van der Waals surface area contributed by atoms with Crippen molar-refractivity contribution in [3.8, 4) is 11.5 Å². The number of thioether (sulfide) groups is 2. The molecule has 6 heteroatoms. The Bertz CT molecular complexity index is 1150. The normalized spacial score (nSPS) is 16.5. The number of benzene rings is 2. The third kappa shape index (κ3) is 8.64. The number of phenols is 1. The fraction of sp³-hybridized carbons (Fsp3) is 0.667. The number of hydrogen-bond donors (Lipinski definition) is 3. The van der Waals surface area contributed by atoms with Gasteiger partial charge in [0.25, 0.3) is 0 Å². The van der Waals surface area contributed by atoms with Crippen LogP contribution < -0.4 is 10.1 Å². The van der Waals surface area contributed by atoms with E-state index in [1.54, 1.807) is 0 Å². The van der Waals surface area contributed by atoms with Gasteiger partial charge in [0, 0.05) is 45.1 Å². The second-order valence-electron chi connectivity index (χ2n) is 16.0. The molecule has 0 saturated carbocycles. The van der Waals surface area contributed by atoms with Crippen LogP contribution in [-0.2, 0) is 21.7 Å². The molecular formula is C36H57NO3S2. The van der Waals surface area contributed by atoms with Gasteiger partial charge in [-0.1, -0.05) is 83.1 Å². The topological polar surface area (TPSA) is 61.7 Å². The number of aliphatic hydroxyl groups is 1. The molecule has 0 aliphatic carbocycles. The fourth-order valence-corrected chi connectivity index (χ4v) is 8.57. The summed E-state index contributed by atoms with van der Waals surface area (Å²) in [6, 6.07) is 9.19. The highest BCUT2D eigenvalue weighted by molar-refractivity contribution is 8.18. The summed E-state index contributed by atoms with van der Waals surface area (Å²) in [4.78, 5) is 2.51. The zero-order chi connectivity index (χ0) is 31.7. The molecule has 2 aromatic carbocycles. The van der Waals surface area contributed by atoms with Crippen LogP contribution >= 0.6 is 23.5 Å². The highest BCUT2D eigenvalue weighted by Gasteiger charge is 2.37. The highest BCUT2D eigenvalue weighted by Crippen LogP contribution is 2.54. The van der Waals surface area contributed by atoms with E-state index < -0.39 is 0 Å². The predicted molar refractivity (Wildman–Crippen MR) is 183 cm³/mol. The number of ether oxygens (including phenoxy) is 1. The average Bonchev–Trinajstić information content (AvgIpc) is 2.83. The predicted octanol–water partition coefficient (Wildman–Crippen LogP) is 9.31. The van der Waals surface area contributed by atoms with Gasteiger partial charge in [-0.05, 0) is 71.9 Å². The van der Waals surface area contributed by atoms with E-state index in [0.717, 1.165) is 42.8 Å². The lowest BCUT2D eigenvalue weighted by atomic mass is 9.79. The van der Waals surface area contributed by atoms with Crippen LogP contribution in [0.25, 0.3) is 0 Å². The van der Waals surface area contributed by atoms with E-state index >= 15 is 0 Å². The van der Waals surface area contributed by atoms with Crippen molar-refractivity contribution in [3.63, 3.8) is 0 Å². The van der Waals surface area contributed by atoms with E-state index in [-0.39, 0.29) is 32.3 Å². The molecule has 0 aromatic heterocycles. The molecule has 4 nitrogen and oxygen atoms in total. The van der Waals surface area contributed by atoms with Crippen LogP contribution in [0.5, 0.6) is 11.5 Å². The lowest BCUT2D eigenvalue weighted by Crippen LogP contribution is -2.37. The SMILES string of the molecule is CC(C)(C)c1cc(SC2(Sc3cc(C(C)(C)C)c(OCCCO)c(C(C)(C)C)c3)CCNCC2)cc(C(C)(C)C)c1O. The standard InChI is InChI=1S/C36H57NO3S2/c1-32(2,3)26-20-24(21-27(30(26)39)33(4,5)6)41-36(14-16-37-17-15-36)42-25-22-28(34(7,8)9)31(40-19-13-18-38)29(23-25)35(10,11)12/h20-23,37-39H,13-19H2,1-12H3. The van der Waals surface area contributed by atoms with Crippen LogP contribution in [-0.4, -0.2) is 40.6 Å². The lowest BCUT2D eigenvalue weighted by molar-refractivity contribution is 0.228. The molecule has 1 fully saturated rings. The first kappa shape index (κ1) is 35.1. The second-order valence-corrected chi connectivity index (χ2v) is 19.2. The van der Waals surface area contributed by atoms with Crippen LogP contribution in [0.1, 0.15) is 125 Å². The molecule has 1 aliphatic heterocycles. The Morgan fingerprint density at radius 3 is 1.43 bits per heavy atom. The molecule has 0 amide bonds. The molecule has 2 aromatic rings. The van der Waals surface area contributed by atoms with Crippen LogP contribution in [0.2, 0.25) is 0 Å². The average molecular weight is 616 g/mol. The van der Waals surface area contributed by atoms with Crippen molar-refractivity contribution < 1.29 is 14.9 Å². The summed E-state index contributed by atoms with van der Waals surface area (Å²) in [6.07, 6.45) is 2.71. The molecule has 42 heavy (non-hydrogen) atoms. The molecule has 1 aliphatic rings. The minimum atomic E-state index is -0.163. The van der Waals surface area contributed by atoms with Crippen molar-refractivity contribution in [2.24, 2.45) is 0 Å². The summed E-state index contributed by atoms with van der Waals surface area (Å²) < 4.78 is 6.38. The van der Waals surface area contributed by atoms with Gasteiger partial charge in [-0.25, -0.2) is 0 Å². The third-order valence-corrected chi connectivity index (χ3v) is 10.9. The number of nitrogens with one attached hydrogen (secondary N) is 1. The maximum Gasteiger partial charge on any atom is 0.126 e. The first-order valence-corrected chi connectivity index (χ1v) is 17.2. The number of piperidine rings is 1. The van der Waals surface area contributed by atoms with Gasteiger partial charge in [0.05, 0.1) is 10.7 Å². The van der Waals surface area contributed by atoms with E-state index in [1.807, 2.05) is 23.5 Å². The largest absolute Gasteiger partial charge is 0.507 e. The van der Waals surface area contributed by atoms with Crippen LogP contribution in [0, 0.1) is 0 Å². The molecule has 0 bridgehead atoms. The van der Waals surface area contributed by atoms with Gasteiger partial charge in [0.1, 0.15) is 11.5 Å². The minimum absolute atomic E-state index is 0.0455. The second kappa shape index (κ2) is 12.9. The van der Waals surface area contributed by atoms with E-state index in [0.29, 0.717) is 18.8 Å². The first-order chi connectivity index (χ1) is 19.2. The third-order valence-electron chi connectivity index (χ3n) is 7.90. The van der Waals surface area contributed by atoms with Crippen LogP contribution in [0.4, 0.5) is 0 Å². The van der Waals surface area contributed by atoms with Gasteiger partial charge in [-0.3, -0.25) is 0 Å². The number of rotatable bonds is 8. The van der Waals surface area contributed by atoms with Crippen molar-refractivity contribution in [1.29, 1.82) is 0 Å². The molecule has 0 spiro atoms. The molecule has 3 rings (SSSR count). The van der Waals surface area contributed by atoms with Gasteiger partial charge >= 0.3 is 0 Å². The molecule has 0 atom stereocenters. The summed E-state index contributed by atoms with van der Waals surface area (Å²) in [7, 11) is 0. The van der Waals surface area contributed by atoms with Crippen molar-refractivity contribution in [3.05, 3.63) is 46.5 Å². The first-order valence-electron chi connectivity index (χ1n) is 15.6. The lowest BCUT2D eigenvalue weighted by Gasteiger charge is -2.38. The number of aromatic hydroxyl groups is 1. The Morgan fingerprint density at radius 2 is 1.07 bits per heavy atom. The summed E-state index contributed by atoms with van der Waals surface area (Å²) in [5.41, 5.74) is 3.95. The summed E-state index contributed by atoms with van der Waals surface area (Å²) in [5.74, 6) is 1.41. The quantitative estimate of drug-likeness (QED) is 0.203. The van der Waals surface area contributed by atoms with E-state index in [4.69, 9.17) is 4.74 Å². The van der Waals surface area contributed by atoms with Crippen molar-refractivity contribution in [1.82, 2.24) is 5.32 Å². The zero-order valence-electron chi connectivity index (χ0n) is 28.4. The summed E-state index contributed by atoms with van der Waals surface area (Å²) in [5, 5.41) is 24.4. The Balaban J connectivity index is 2.16. The summed E-state index contributed by atoms with van der Waals surface area (Å²) in [6.45, 7) is 29.3. The molecule has 0 radical (unpaired) electrons. The van der Waals surface area contributed by atoms with Crippen molar-refractivity contribution >= 4 is 23.5 Å². The van der Waals surface area contributed by atoms with Crippen LogP contribution in [0.3, 0.4) is 0 Å². The Morgan fingerprint density at radius 1 is 0.690 bits per heavy atom. The summed E-state index contributed by atoms with van der Waals surface area (Å²) >= 11 is 3.98.